The number of hydrogen-bond acceptors (Lipinski definition) is 2. The van der Waals surface area contributed by atoms with Gasteiger partial charge >= 0.3 is 0 Å². The van der Waals surface area contributed by atoms with Gasteiger partial charge in [-0.05, 0) is 56.8 Å². The number of rotatable bonds is 2. The van der Waals surface area contributed by atoms with Crippen molar-refractivity contribution in [3.8, 4) is 11.8 Å². The van der Waals surface area contributed by atoms with Gasteiger partial charge in [0.05, 0.1) is 0 Å². The van der Waals surface area contributed by atoms with E-state index in [4.69, 9.17) is 0 Å². The van der Waals surface area contributed by atoms with Crippen LogP contribution in [0.25, 0.3) is 0 Å². The Bertz CT molecular complexity index is 666. The van der Waals surface area contributed by atoms with E-state index in [-0.39, 0.29) is 5.82 Å². The number of nitrogens with zero attached hydrogens (tertiary/aromatic N) is 2. The molecule has 1 aromatic heterocycles. The van der Waals surface area contributed by atoms with Gasteiger partial charge in [0.15, 0.2) is 0 Å². The van der Waals surface area contributed by atoms with Gasteiger partial charge in [0.2, 0.25) is 0 Å². The molecule has 0 aliphatic carbocycles. The summed E-state index contributed by atoms with van der Waals surface area (Å²) >= 11 is 0. The van der Waals surface area contributed by atoms with E-state index in [0.717, 1.165) is 12.2 Å². The molecule has 20 heavy (non-hydrogen) atoms. The average Bonchev–Trinajstić information content (AvgIpc) is 2.39. The van der Waals surface area contributed by atoms with Gasteiger partial charge in [-0.2, -0.15) is 0 Å². The van der Waals surface area contributed by atoms with Crippen LogP contribution in [0.5, 0.6) is 0 Å². The molecule has 0 bridgehead atoms. The quantitative estimate of drug-likeness (QED) is 0.778. The minimum absolute atomic E-state index is 0.276. The summed E-state index contributed by atoms with van der Waals surface area (Å²) in [6, 6.07) is 10.2. The molecule has 1 aromatic carbocycles. The monoisotopic (exact) mass is 268 g/mol. The van der Waals surface area contributed by atoms with E-state index in [2.05, 4.69) is 21.7 Å². The summed E-state index contributed by atoms with van der Waals surface area (Å²) in [5.41, 5.74) is 3.52. The fourth-order valence-electron chi connectivity index (χ4n) is 1.87. The molecule has 2 rings (SSSR count). The lowest BCUT2D eigenvalue weighted by molar-refractivity contribution is 0.400. The third-order valence-electron chi connectivity index (χ3n) is 2.84. The summed E-state index contributed by atoms with van der Waals surface area (Å²) in [7, 11) is 4.05. The maximum atomic E-state index is 13.0. The Morgan fingerprint density at radius 2 is 1.95 bits per heavy atom. The van der Waals surface area contributed by atoms with Crippen molar-refractivity contribution in [2.24, 2.45) is 0 Å². The first-order valence-electron chi connectivity index (χ1n) is 6.43. The number of aromatic nitrogens is 1. The first kappa shape index (κ1) is 14.2. The largest absolute Gasteiger partial charge is 0.305 e. The van der Waals surface area contributed by atoms with Crippen LogP contribution in [-0.4, -0.2) is 24.0 Å². The normalized spacial score (nSPS) is 10.2. The summed E-state index contributed by atoms with van der Waals surface area (Å²) in [6.45, 7) is 2.84. The second-order valence-corrected chi connectivity index (χ2v) is 4.94. The molecular weight excluding hydrogens is 251 g/mol. The molecule has 0 spiro atoms. The summed E-state index contributed by atoms with van der Waals surface area (Å²) in [6.07, 6.45) is 0. The van der Waals surface area contributed by atoms with Crippen molar-refractivity contribution < 1.29 is 4.39 Å². The van der Waals surface area contributed by atoms with Crippen molar-refractivity contribution in [2.45, 2.75) is 13.5 Å². The molecule has 2 aromatic rings. The Morgan fingerprint density at radius 3 is 2.60 bits per heavy atom. The van der Waals surface area contributed by atoms with Gasteiger partial charge in [-0.15, -0.1) is 0 Å². The smallest absolute Gasteiger partial charge is 0.124 e. The molecule has 2 nitrogen and oxygen atoms in total. The Hall–Kier alpha value is -2.18. The number of aryl methyl sites for hydroxylation is 1. The van der Waals surface area contributed by atoms with Crippen molar-refractivity contribution in [1.29, 1.82) is 0 Å². The standard InChI is InChI=1S/C17H17FN2/c1-13-15(12-20(2)3)8-10-17(19-13)9-7-14-5-4-6-16(18)11-14/h4-6,8,10-11H,12H2,1-3H3. The molecule has 3 heteroatoms. The Balaban J connectivity index is 2.21. The molecule has 0 unspecified atom stereocenters. The zero-order valence-corrected chi connectivity index (χ0v) is 11.9. The number of halogens is 1. The second-order valence-electron chi connectivity index (χ2n) is 4.94. The highest BCUT2D eigenvalue weighted by molar-refractivity contribution is 5.41. The van der Waals surface area contributed by atoms with E-state index < -0.39 is 0 Å². The highest BCUT2D eigenvalue weighted by Gasteiger charge is 2.01. The zero-order valence-electron chi connectivity index (χ0n) is 11.9. The van der Waals surface area contributed by atoms with Crippen LogP contribution in [0, 0.1) is 24.6 Å². The van der Waals surface area contributed by atoms with Crippen LogP contribution < -0.4 is 0 Å². The molecular formula is C17H17FN2. The molecule has 0 amide bonds. The Kier molecular flexibility index (Phi) is 4.49. The van der Waals surface area contributed by atoms with Crippen LogP contribution in [0.1, 0.15) is 22.5 Å². The number of hydrogen-bond donors (Lipinski definition) is 0. The zero-order chi connectivity index (χ0) is 14.5. The summed E-state index contributed by atoms with van der Waals surface area (Å²) in [5.74, 6) is 5.62. The van der Waals surface area contributed by atoms with Crippen molar-refractivity contribution in [3.05, 3.63) is 64.7 Å². The molecule has 0 N–H and O–H groups in total. The topological polar surface area (TPSA) is 16.1 Å². The SMILES string of the molecule is Cc1nc(C#Cc2cccc(F)c2)ccc1CN(C)C. The molecule has 0 atom stereocenters. The van der Waals surface area contributed by atoms with Crippen LogP contribution in [0.4, 0.5) is 4.39 Å². The van der Waals surface area contributed by atoms with Crippen molar-refractivity contribution in [3.63, 3.8) is 0 Å². The van der Waals surface area contributed by atoms with E-state index in [9.17, 15) is 4.39 Å². The third-order valence-corrected chi connectivity index (χ3v) is 2.84. The summed E-state index contributed by atoms with van der Waals surface area (Å²) in [4.78, 5) is 6.57. The first-order valence-corrected chi connectivity index (χ1v) is 6.43. The van der Waals surface area contributed by atoms with Gasteiger partial charge in [0.25, 0.3) is 0 Å². The average molecular weight is 268 g/mol. The van der Waals surface area contributed by atoms with E-state index in [0.29, 0.717) is 11.3 Å². The summed E-state index contributed by atoms with van der Waals surface area (Å²) in [5, 5.41) is 0. The molecule has 0 saturated heterocycles. The second kappa shape index (κ2) is 6.31. The molecule has 0 aliphatic heterocycles. The van der Waals surface area contributed by atoms with E-state index >= 15 is 0 Å². The molecule has 1 heterocycles. The molecule has 102 valence electrons. The molecule has 0 fully saturated rings. The lowest BCUT2D eigenvalue weighted by atomic mass is 10.1. The minimum atomic E-state index is -0.276. The van der Waals surface area contributed by atoms with Gasteiger partial charge < -0.3 is 4.90 Å². The van der Waals surface area contributed by atoms with Crippen LogP contribution in [-0.2, 0) is 6.54 Å². The van der Waals surface area contributed by atoms with Crippen molar-refractivity contribution in [1.82, 2.24) is 9.88 Å². The van der Waals surface area contributed by atoms with Crippen LogP contribution in [0.15, 0.2) is 36.4 Å². The van der Waals surface area contributed by atoms with Gasteiger partial charge in [-0.1, -0.05) is 18.1 Å². The molecule has 0 radical (unpaired) electrons. The fraction of sp³-hybridized carbons (Fsp3) is 0.235. The van der Waals surface area contributed by atoms with Crippen LogP contribution in [0.2, 0.25) is 0 Å². The molecule has 0 aliphatic rings. The van der Waals surface area contributed by atoms with E-state index in [1.165, 1.54) is 17.7 Å². The van der Waals surface area contributed by atoms with Crippen molar-refractivity contribution >= 4 is 0 Å². The van der Waals surface area contributed by atoms with E-state index in [1.54, 1.807) is 12.1 Å². The van der Waals surface area contributed by atoms with Gasteiger partial charge in [-0.25, -0.2) is 9.37 Å². The lowest BCUT2D eigenvalue weighted by Gasteiger charge is -2.11. The number of pyridine rings is 1. The fourth-order valence-corrected chi connectivity index (χ4v) is 1.87. The third kappa shape index (κ3) is 3.91. The maximum absolute atomic E-state index is 13.0. The first-order chi connectivity index (χ1) is 9.54. The highest BCUT2D eigenvalue weighted by atomic mass is 19.1. The Morgan fingerprint density at radius 1 is 1.15 bits per heavy atom. The molecule has 0 saturated carbocycles. The predicted molar refractivity (Wildman–Crippen MR) is 78.7 cm³/mol. The lowest BCUT2D eigenvalue weighted by Crippen LogP contribution is -2.12. The van der Waals surface area contributed by atoms with Crippen molar-refractivity contribution in [2.75, 3.05) is 14.1 Å². The number of benzene rings is 1. The van der Waals surface area contributed by atoms with Gasteiger partial charge in [-0.3, -0.25) is 0 Å². The maximum Gasteiger partial charge on any atom is 0.124 e. The van der Waals surface area contributed by atoms with Gasteiger partial charge in [0, 0.05) is 17.8 Å². The highest BCUT2D eigenvalue weighted by Crippen LogP contribution is 2.08. The summed E-state index contributed by atoms with van der Waals surface area (Å²) < 4.78 is 13.0. The van der Waals surface area contributed by atoms with Gasteiger partial charge in [0.1, 0.15) is 11.5 Å². The Labute approximate surface area is 119 Å². The van der Waals surface area contributed by atoms with Crippen LogP contribution in [0.3, 0.4) is 0 Å². The van der Waals surface area contributed by atoms with Crippen LogP contribution >= 0.6 is 0 Å². The predicted octanol–water partition coefficient (Wildman–Crippen LogP) is 2.99. The van der Waals surface area contributed by atoms with E-state index in [1.807, 2.05) is 33.2 Å². The minimum Gasteiger partial charge on any atom is -0.305 e.